The number of halogens is 2. The van der Waals surface area contributed by atoms with Crippen molar-refractivity contribution in [3.63, 3.8) is 0 Å². The molecule has 1 amide bonds. The molecule has 23 heavy (non-hydrogen) atoms. The molecule has 0 spiro atoms. The summed E-state index contributed by atoms with van der Waals surface area (Å²) in [5.74, 6) is -0.510. The average molecular weight is 374 g/mol. The highest BCUT2D eigenvalue weighted by atomic mass is 79.9. The van der Waals surface area contributed by atoms with Crippen LogP contribution in [0.2, 0.25) is 0 Å². The lowest BCUT2D eigenvalue weighted by Crippen LogP contribution is -2.12. The van der Waals surface area contributed by atoms with Gasteiger partial charge in [0, 0.05) is 16.2 Å². The fourth-order valence-corrected chi connectivity index (χ4v) is 2.62. The summed E-state index contributed by atoms with van der Waals surface area (Å²) in [4.78, 5) is 12.2. The first-order chi connectivity index (χ1) is 11.1. The molecule has 3 rings (SSSR count). The van der Waals surface area contributed by atoms with E-state index < -0.39 is 0 Å². The highest BCUT2D eigenvalue weighted by Crippen LogP contribution is 2.18. The Balaban J connectivity index is 1.72. The van der Waals surface area contributed by atoms with Crippen LogP contribution in [0.25, 0.3) is 0 Å². The predicted molar refractivity (Wildman–Crippen MR) is 89.8 cm³/mol. The van der Waals surface area contributed by atoms with E-state index in [0.717, 1.165) is 4.47 Å². The number of aromatic nitrogens is 2. The van der Waals surface area contributed by atoms with Gasteiger partial charge in [-0.25, -0.2) is 4.39 Å². The molecule has 0 radical (unpaired) electrons. The Bertz CT molecular complexity index is 847. The van der Waals surface area contributed by atoms with Gasteiger partial charge in [0.05, 0.1) is 24.0 Å². The summed E-state index contributed by atoms with van der Waals surface area (Å²) in [6.07, 6.45) is 3.21. The molecule has 116 valence electrons. The second-order valence-electron chi connectivity index (χ2n) is 4.95. The third-order valence-corrected chi connectivity index (χ3v) is 3.99. The Morgan fingerprint density at radius 2 is 1.91 bits per heavy atom. The predicted octanol–water partition coefficient (Wildman–Crippen LogP) is 4.09. The topological polar surface area (TPSA) is 46.9 Å². The number of nitrogens with one attached hydrogen (secondary N) is 1. The minimum absolute atomic E-state index is 0.233. The van der Waals surface area contributed by atoms with E-state index in [9.17, 15) is 9.18 Å². The SMILES string of the molecule is O=C(Nc1cnn(Cc2ccccc2F)c1)c1ccccc1Br. The summed E-state index contributed by atoms with van der Waals surface area (Å²) in [5.41, 5.74) is 1.63. The molecule has 4 nitrogen and oxygen atoms in total. The first kappa shape index (κ1) is 15.4. The highest BCUT2D eigenvalue weighted by molar-refractivity contribution is 9.10. The average Bonchev–Trinajstić information content (AvgIpc) is 2.97. The number of hydrogen-bond acceptors (Lipinski definition) is 2. The van der Waals surface area contributed by atoms with Crippen molar-refractivity contribution < 1.29 is 9.18 Å². The van der Waals surface area contributed by atoms with Gasteiger partial charge in [-0.15, -0.1) is 0 Å². The number of carbonyl (C=O) groups excluding carboxylic acids is 1. The van der Waals surface area contributed by atoms with Crippen LogP contribution in [0.15, 0.2) is 65.4 Å². The second-order valence-corrected chi connectivity index (χ2v) is 5.81. The molecule has 0 saturated carbocycles. The van der Waals surface area contributed by atoms with Gasteiger partial charge in [-0.3, -0.25) is 9.48 Å². The van der Waals surface area contributed by atoms with Crippen molar-refractivity contribution in [1.29, 1.82) is 0 Å². The molecule has 0 atom stereocenters. The molecular weight excluding hydrogens is 361 g/mol. The van der Waals surface area contributed by atoms with Gasteiger partial charge in [0.25, 0.3) is 5.91 Å². The van der Waals surface area contributed by atoms with Crippen molar-refractivity contribution in [1.82, 2.24) is 9.78 Å². The summed E-state index contributed by atoms with van der Waals surface area (Å²) in [6, 6.07) is 13.7. The Labute approximate surface area is 141 Å². The molecule has 0 aliphatic heterocycles. The largest absolute Gasteiger partial charge is 0.319 e. The van der Waals surface area contributed by atoms with E-state index in [1.807, 2.05) is 6.07 Å². The fraction of sp³-hybridized carbons (Fsp3) is 0.0588. The second kappa shape index (κ2) is 6.75. The minimum Gasteiger partial charge on any atom is -0.319 e. The third-order valence-electron chi connectivity index (χ3n) is 3.30. The molecule has 6 heteroatoms. The quantitative estimate of drug-likeness (QED) is 0.748. The lowest BCUT2D eigenvalue weighted by molar-refractivity contribution is 0.102. The third kappa shape index (κ3) is 3.65. The van der Waals surface area contributed by atoms with E-state index >= 15 is 0 Å². The first-order valence-electron chi connectivity index (χ1n) is 6.95. The van der Waals surface area contributed by atoms with Crippen LogP contribution in [-0.4, -0.2) is 15.7 Å². The molecular formula is C17H13BrFN3O. The monoisotopic (exact) mass is 373 g/mol. The van der Waals surface area contributed by atoms with Crippen molar-refractivity contribution in [2.75, 3.05) is 5.32 Å². The summed E-state index contributed by atoms with van der Waals surface area (Å²) < 4.78 is 15.9. The van der Waals surface area contributed by atoms with Crippen LogP contribution in [0, 0.1) is 5.82 Å². The van der Waals surface area contributed by atoms with Crippen LogP contribution in [0.3, 0.4) is 0 Å². The number of carbonyl (C=O) groups is 1. The minimum atomic E-state index is -0.276. The van der Waals surface area contributed by atoms with Gasteiger partial charge < -0.3 is 5.32 Å². The van der Waals surface area contributed by atoms with Crippen LogP contribution in [0.5, 0.6) is 0 Å². The first-order valence-corrected chi connectivity index (χ1v) is 7.74. The van der Waals surface area contributed by atoms with E-state index in [-0.39, 0.29) is 11.7 Å². The summed E-state index contributed by atoms with van der Waals surface area (Å²) in [5, 5.41) is 6.92. The maximum Gasteiger partial charge on any atom is 0.256 e. The summed E-state index contributed by atoms with van der Waals surface area (Å²) in [6.45, 7) is 0.303. The zero-order valence-corrected chi connectivity index (χ0v) is 13.6. The maximum absolute atomic E-state index is 13.6. The van der Waals surface area contributed by atoms with Gasteiger partial charge in [-0.05, 0) is 34.1 Å². The fourth-order valence-electron chi connectivity index (χ4n) is 2.16. The number of amides is 1. The molecule has 1 aromatic heterocycles. The van der Waals surface area contributed by atoms with Gasteiger partial charge >= 0.3 is 0 Å². The molecule has 0 aliphatic rings. The van der Waals surface area contributed by atoms with E-state index in [1.54, 1.807) is 47.3 Å². The lowest BCUT2D eigenvalue weighted by Gasteiger charge is -2.05. The lowest BCUT2D eigenvalue weighted by atomic mass is 10.2. The van der Waals surface area contributed by atoms with E-state index in [0.29, 0.717) is 23.4 Å². The molecule has 0 saturated heterocycles. The van der Waals surface area contributed by atoms with Crippen LogP contribution >= 0.6 is 15.9 Å². The molecule has 3 aromatic rings. The van der Waals surface area contributed by atoms with Gasteiger partial charge in [0.15, 0.2) is 0 Å². The van der Waals surface area contributed by atoms with Gasteiger partial charge in [-0.2, -0.15) is 5.10 Å². The summed E-state index contributed by atoms with van der Waals surface area (Å²) >= 11 is 3.34. The zero-order valence-electron chi connectivity index (χ0n) is 12.0. The molecule has 0 aliphatic carbocycles. The van der Waals surface area contributed by atoms with Gasteiger partial charge in [0.1, 0.15) is 5.82 Å². The standard InChI is InChI=1S/C17H13BrFN3O/c18-15-7-3-2-6-14(15)17(23)21-13-9-20-22(11-13)10-12-5-1-4-8-16(12)19/h1-9,11H,10H2,(H,21,23). The molecule has 0 bridgehead atoms. The summed E-state index contributed by atoms with van der Waals surface area (Å²) in [7, 11) is 0. The number of anilines is 1. The Kier molecular flexibility index (Phi) is 4.52. The van der Waals surface area contributed by atoms with Crippen LogP contribution in [0.4, 0.5) is 10.1 Å². The molecule has 0 unspecified atom stereocenters. The maximum atomic E-state index is 13.6. The number of rotatable bonds is 4. The van der Waals surface area contributed by atoms with Crippen molar-refractivity contribution in [3.05, 3.63) is 82.3 Å². The number of hydrogen-bond donors (Lipinski definition) is 1. The van der Waals surface area contributed by atoms with Crippen molar-refractivity contribution >= 4 is 27.5 Å². The highest BCUT2D eigenvalue weighted by Gasteiger charge is 2.11. The van der Waals surface area contributed by atoms with Gasteiger partial charge in [-0.1, -0.05) is 30.3 Å². The van der Waals surface area contributed by atoms with Crippen LogP contribution in [0.1, 0.15) is 15.9 Å². The molecule has 1 heterocycles. The number of nitrogens with zero attached hydrogens (tertiary/aromatic N) is 2. The Hall–Kier alpha value is -2.47. The van der Waals surface area contributed by atoms with Gasteiger partial charge in [0.2, 0.25) is 0 Å². The normalized spacial score (nSPS) is 10.5. The van der Waals surface area contributed by atoms with Crippen LogP contribution < -0.4 is 5.32 Å². The molecule has 2 aromatic carbocycles. The van der Waals surface area contributed by atoms with Crippen molar-refractivity contribution in [2.24, 2.45) is 0 Å². The Morgan fingerprint density at radius 1 is 1.17 bits per heavy atom. The zero-order chi connectivity index (χ0) is 16.2. The van der Waals surface area contributed by atoms with Crippen molar-refractivity contribution in [3.8, 4) is 0 Å². The Morgan fingerprint density at radius 3 is 2.70 bits per heavy atom. The van der Waals surface area contributed by atoms with Crippen LogP contribution in [-0.2, 0) is 6.54 Å². The van der Waals surface area contributed by atoms with E-state index in [1.165, 1.54) is 12.3 Å². The van der Waals surface area contributed by atoms with E-state index in [2.05, 4.69) is 26.3 Å². The van der Waals surface area contributed by atoms with Crippen molar-refractivity contribution in [2.45, 2.75) is 6.54 Å². The number of benzene rings is 2. The smallest absolute Gasteiger partial charge is 0.256 e. The van der Waals surface area contributed by atoms with E-state index in [4.69, 9.17) is 0 Å². The molecule has 1 N–H and O–H groups in total. The molecule has 0 fully saturated rings.